The van der Waals surface area contributed by atoms with Gasteiger partial charge in [-0.1, -0.05) is 0 Å². The molecule has 0 bridgehead atoms. The van der Waals surface area contributed by atoms with E-state index in [4.69, 9.17) is 18.9 Å². The first-order chi connectivity index (χ1) is 11.1. The summed E-state index contributed by atoms with van der Waals surface area (Å²) in [5.41, 5.74) is 0.607. The lowest BCUT2D eigenvalue weighted by Gasteiger charge is -2.18. The first kappa shape index (κ1) is 16.3. The number of carboxylic acid groups (broad SMARTS) is 1. The molecule has 0 fully saturated rings. The van der Waals surface area contributed by atoms with Gasteiger partial charge in [-0.05, 0) is 6.07 Å². The van der Waals surface area contributed by atoms with Crippen molar-refractivity contribution in [2.24, 2.45) is 0 Å². The number of hydrogen-bond donors (Lipinski definition) is 1. The molecule has 1 heterocycles. The van der Waals surface area contributed by atoms with Gasteiger partial charge in [-0.25, -0.2) is 14.8 Å². The molecule has 8 nitrogen and oxygen atoms in total. The Morgan fingerprint density at radius 2 is 1.52 bits per heavy atom. The van der Waals surface area contributed by atoms with Crippen LogP contribution in [0.1, 0.15) is 10.4 Å². The van der Waals surface area contributed by atoms with Gasteiger partial charge in [0.25, 0.3) is 0 Å². The lowest BCUT2D eigenvalue weighted by atomic mass is 10.0. The molecule has 1 N–H and O–H groups in total. The maximum atomic E-state index is 11.5. The van der Waals surface area contributed by atoms with E-state index in [1.54, 1.807) is 0 Å². The zero-order chi connectivity index (χ0) is 17.0. The van der Waals surface area contributed by atoms with E-state index in [2.05, 4.69) is 9.97 Å². The first-order valence-electron chi connectivity index (χ1n) is 6.50. The Kier molecular flexibility index (Phi) is 4.85. The summed E-state index contributed by atoms with van der Waals surface area (Å²) in [6.45, 7) is 0. The molecule has 0 amide bonds. The van der Waals surface area contributed by atoms with Gasteiger partial charge in [0.15, 0.2) is 11.5 Å². The molecule has 0 aliphatic rings. The topological polar surface area (TPSA) is 100 Å². The second kappa shape index (κ2) is 6.82. The molecule has 0 unspecified atom stereocenters. The van der Waals surface area contributed by atoms with Crippen molar-refractivity contribution in [1.29, 1.82) is 0 Å². The van der Waals surface area contributed by atoms with Gasteiger partial charge in [0.2, 0.25) is 11.6 Å². The first-order valence-corrected chi connectivity index (χ1v) is 6.50. The van der Waals surface area contributed by atoms with Crippen molar-refractivity contribution in [3.63, 3.8) is 0 Å². The van der Waals surface area contributed by atoms with Crippen molar-refractivity contribution < 1.29 is 28.8 Å². The minimum absolute atomic E-state index is 0.0588. The number of aromatic nitrogens is 2. The van der Waals surface area contributed by atoms with E-state index in [9.17, 15) is 9.90 Å². The number of carboxylic acids is 1. The van der Waals surface area contributed by atoms with Gasteiger partial charge in [0.05, 0.1) is 34.0 Å². The summed E-state index contributed by atoms with van der Waals surface area (Å²) in [5, 5.41) is 9.43. The number of benzene rings is 1. The maximum absolute atomic E-state index is 11.5. The summed E-state index contributed by atoms with van der Waals surface area (Å²) < 4.78 is 21.0. The Morgan fingerprint density at radius 3 is 2.04 bits per heavy atom. The fourth-order valence-corrected chi connectivity index (χ4v) is 2.21. The Bertz CT molecular complexity index is 732. The quantitative estimate of drug-likeness (QED) is 0.861. The summed E-state index contributed by atoms with van der Waals surface area (Å²) >= 11 is 0. The molecule has 0 saturated carbocycles. The van der Waals surface area contributed by atoms with E-state index < -0.39 is 5.97 Å². The average molecular weight is 320 g/mol. The fourth-order valence-electron chi connectivity index (χ4n) is 2.21. The number of methoxy groups -OCH3 is 4. The second-order valence-corrected chi connectivity index (χ2v) is 4.29. The average Bonchev–Trinajstić information content (AvgIpc) is 2.59. The third-order valence-electron chi connectivity index (χ3n) is 3.15. The van der Waals surface area contributed by atoms with Gasteiger partial charge in [-0.2, -0.15) is 0 Å². The molecule has 0 radical (unpaired) electrons. The SMILES string of the molecule is COc1nccnc1-c1cc(C(=O)O)c(OC)c(OC)c1OC. The van der Waals surface area contributed by atoms with Crippen LogP contribution in [0.3, 0.4) is 0 Å². The van der Waals surface area contributed by atoms with Crippen molar-refractivity contribution in [2.45, 2.75) is 0 Å². The highest BCUT2D eigenvalue weighted by atomic mass is 16.5. The highest BCUT2D eigenvalue weighted by molar-refractivity contribution is 5.96. The molecule has 2 rings (SSSR count). The van der Waals surface area contributed by atoms with Gasteiger partial charge < -0.3 is 24.1 Å². The molecule has 122 valence electrons. The predicted octanol–water partition coefficient (Wildman–Crippen LogP) is 1.88. The van der Waals surface area contributed by atoms with Crippen LogP contribution in [0.15, 0.2) is 18.5 Å². The lowest BCUT2D eigenvalue weighted by Crippen LogP contribution is -2.06. The van der Waals surface area contributed by atoms with Crippen molar-refractivity contribution in [3.8, 4) is 34.4 Å². The number of hydrogen-bond acceptors (Lipinski definition) is 7. The number of ether oxygens (including phenoxy) is 4. The molecule has 0 aliphatic heterocycles. The monoisotopic (exact) mass is 320 g/mol. The Morgan fingerprint density at radius 1 is 0.913 bits per heavy atom. The van der Waals surface area contributed by atoms with E-state index in [-0.39, 0.29) is 28.7 Å². The van der Waals surface area contributed by atoms with Crippen molar-refractivity contribution in [1.82, 2.24) is 9.97 Å². The van der Waals surface area contributed by atoms with Crippen molar-refractivity contribution in [3.05, 3.63) is 24.0 Å². The van der Waals surface area contributed by atoms with Crippen LogP contribution in [0.25, 0.3) is 11.3 Å². The fraction of sp³-hybridized carbons (Fsp3) is 0.267. The van der Waals surface area contributed by atoms with Crippen LogP contribution in [0.2, 0.25) is 0 Å². The summed E-state index contributed by atoms with van der Waals surface area (Å²) in [7, 11) is 5.62. The van der Waals surface area contributed by atoms with Gasteiger partial charge in [0, 0.05) is 12.4 Å². The molecule has 1 aromatic heterocycles. The van der Waals surface area contributed by atoms with Crippen LogP contribution in [0, 0.1) is 0 Å². The number of rotatable bonds is 6. The van der Waals surface area contributed by atoms with E-state index >= 15 is 0 Å². The minimum Gasteiger partial charge on any atom is -0.492 e. The molecule has 2 aromatic rings. The Labute approximate surface area is 132 Å². The van der Waals surface area contributed by atoms with Crippen molar-refractivity contribution in [2.75, 3.05) is 28.4 Å². The normalized spacial score (nSPS) is 10.1. The smallest absolute Gasteiger partial charge is 0.339 e. The third kappa shape index (κ3) is 2.83. The minimum atomic E-state index is -1.17. The number of nitrogens with zero attached hydrogens (tertiary/aromatic N) is 2. The van der Waals surface area contributed by atoms with Crippen LogP contribution >= 0.6 is 0 Å². The highest BCUT2D eigenvalue weighted by Gasteiger charge is 2.27. The standard InChI is InChI=1S/C15H16N2O6/c1-20-11-8(10-14(23-4)17-6-5-16-10)7-9(15(18)19)12(21-2)13(11)22-3/h5-7H,1-4H3,(H,18,19). The lowest BCUT2D eigenvalue weighted by molar-refractivity contribution is 0.0692. The Hall–Kier alpha value is -3.03. The van der Waals surface area contributed by atoms with Gasteiger partial charge in [0.1, 0.15) is 11.3 Å². The molecule has 0 atom stereocenters. The zero-order valence-electron chi connectivity index (χ0n) is 13.1. The van der Waals surface area contributed by atoms with E-state index in [1.165, 1.54) is 46.9 Å². The molecular formula is C15H16N2O6. The van der Waals surface area contributed by atoms with Crippen LogP contribution in [0.4, 0.5) is 0 Å². The van der Waals surface area contributed by atoms with Crippen LogP contribution in [0.5, 0.6) is 23.1 Å². The second-order valence-electron chi connectivity index (χ2n) is 4.29. The predicted molar refractivity (Wildman–Crippen MR) is 80.6 cm³/mol. The molecule has 0 spiro atoms. The van der Waals surface area contributed by atoms with Crippen LogP contribution in [-0.4, -0.2) is 49.5 Å². The van der Waals surface area contributed by atoms with Gasteiger partial charge in [-0.3, -0.25) is 0 Å². The highest BCUT2D eigenvalue weighted by Crippen LogP contribution is 2.47. The molecule has 0 saturated heterocycles. The zero-order valence-corrected chi connectivity index (χ0v) is 13.1. The third-order valence-corrected chi connectivity index (χ3v) is 3.15. The van der Waals surface area contributed by atoms with Crippen LogP contribution in [-0.2, 0) is 0 Å². The summed E-state index contributed by atoms with van der Waals surface area (Å²) in [6, 6.07) is 1.38. The number of carbonyl (C=O) groups is 1. The van der Waals surface area contributed by atoms with Crippen molar-refractivity contribution >= 4 is 5.97 Å². The summed E-state index contributed by atoms with van der Waals surface area (Å²) in [5.74, 6) is -0.463. The number of aromatic carboxylic acids is 1. The van der Waals surface area contributed by atoms with Crippen LogP contribution < -0.4 is 18.9 Å². The van der Waals surface area contributed by atoms with E-state index in [0.29, 0.717) is 11.3 Å². The molecule has 1 aromatic carbocycles. The van der Waals surface area contributed by atoms with Gasteiger partial charge in [-0.15, -0.1) is 0 Å². The van der Waals surface area contributed by atoms with E-state index in [1.807, 2.05) is 0 Å². The molecule has 23 heavy (non-hydrogen) atoms. The molecule has 0 aliphatic carbocycles. The summed E-state index contributed by atoms with van der Waals surface area (Å²) in [4.78, 5) is 19.8. The van der Waals surface area contributed by atoms with E-state index in [0.717, 1.165) is 0 Å². The molecular weight excluding hydrogens is 304 g/mol. The summed E-state index contributed by atoms with van der Waals surface area (Å²) in [6.07, 6.45) is 2.93. The largest absolute Gasteiger partial charge is 0.492 e. The maximum Gasteiger partial charge on any atom is 0.339 e. The van der Waals surface area contributed by atoms with Gasteiger partial charge >= 0.3 is 5.97 Å². The molecule has 8 heteroatoms. The Balaban J connectivity index is 2.87.